The Morgan fingerprint density at radius 2 is 1.33 bits per heavy atom. The van der Waals surface area contributed by atoms with Crippen molar-refractivity contribution in [3.8, 4) is 11.9 Å². The summed E-state index contributed by atoms with van der Waals surface area (Å²) in [4.78, 5) is 23.4. The molecule has 39 heavy (non-hydrogen) atoms. The standard InChI is InChI=1S/C8H9N3O3.C6H8N2.C6H7NO.C2H4N4.2Na.H2S/c1-5(12)10-8-3-2-6(11(13)14)4-7(8)9;7-5-1-2-6(8)4-3-5;7-5-1-3-6(8)4-2-5;3-1-6-2(4)5;;;/h2-4H,9H2,1H3,(H,10,12);1-4H,7-8H2;1-4,8H,7H2;(H4,4,5,6);;;1H2. The third-order valence-corrected chi connectivity index (χ3v) is 3.57. The first-order valence-corrected chi connectivity index (χ1v) is 9.80. The summed E-state index contributed by atoms with van der Waals surface area (Å²) in [5, 5.41) is 29.1. The van der Waals surface area contributed by atoms with Crippen molar-refractivity contribution in [2.75, 3.05) is 28.3 Å². The molecule has 0 saturated carbocycles. The van der Waals surface area contributed by atoms with Gasteiger partial charge in [-0.05, 0) is 54.6 Å². The molecule has 3 rings (SSSR count). The summed E-state index contributed by atoms with van der Waals surface area (Å²) in [6.45, 7) is 1.33. The molecule has 2 radical (unpaired) electrons. The maximum Gasteiger partial charge on any atom is 0.271 e. The van der Waals surface area contributed by atoms with Gasteiger partial charge in [-0.1, -0.05) is 0 Å². The summed E-state index contributed by atoms with van der Waals surface area (Å²) >= 11 is 0. The smallest absolute Gasteiger partial charge is 0.271 e. The molecule has 1 amide bonds. The fourth-order valence-electron chi connectivity index (χ4n) is 2.00. The molecule has 0 aliphatic heterocycles. The van der Waals surface area contributed by atoms with E-state index in [1.807, 2.05) is 0 Å². The van der Waals surface area contributed by atoms with E-state index in [-0.39, 0.29) is 102 Å². The Morgan fingerprint density at radius 1 is 0.923 bits per heavy atom. The van der Waals surface area contributed by atoms with Gasteiger partial charge < -0.3 is 44.8 Å². The molecule has 0 atom stereocenters. The van der Waals surface area contributed by atoms with Gasteiger partial charge in [0.1, 0.15) is 5.75 Å². The summed E-state index contributed by atoms with van der Waals surface area (Å²) < 4.78 is 0. The molecular weight excluding hydrogens is 546 g/mol. The number of nitrogens with zero attached hydrogens (tertiary/aromatic N) is 3. The Morgan fingerprint density at radius 3 is 1.59 bits per heavy atom. The number of anilines is 5. The number of phenolic OH excluding ortho intramolecular Hbond substituents is 1. The Labute approximate surface area is 277 Å². The zero-order chi connectivity index (χ0) is 27.7. The van der Waals surface area contributed by atoms with Gasteiger partial charge in [0.2, 0.25) is 18.1 Å². The van der Waals surface area contributed by atoms with Crippen LogP contribution in [0.3, 0.4) is 0 Å². The average molecular weight is 577 g/mol. The fraction of sp³-hybridized carbons (Fsp3) is 0.0455. The maximum atomic E-state index is 10.7. The minimum atomic E-state index is -0.548. The van der Waals surface area contributed by atoms with Crippen molar-refractivity contribution in [3.05, 3.63) is 76.8 Å². The molecular formula is C22H30N10Na2O4S. The molecule has 0 saturated heterocycles. The van der Waals surface area contributed by atoms with Gasteiger partial charge in [0.15, 0.2) is 0 Å². The zero-order valence-electron chi connectivity index (χ0n) is 21.8. The first-order chi connectivity index (χ1) is 16.8. The van der Waals surface area contributed by atoms with Crippen LogP contribution in [0.5, 0.6) is 5.75 Å². The number of non-ortho nitro benzene ring substituents is 1. The molecule has 17 heteroatoms. The molecule has 3 aromatic rings. The van der Waals surface area contributed by atoms with Crippen LogP contribution in [0.4, 0.5) is 34.1 Å². The van der Waals surface area contributed by atoms with E-state index < -0.39 is 4.92 Å². The molecule has 14 N–H and O–H groups in total. The van der Waals surface area contributed by atoms with Crippen LogP contribution in [0.2, 0.25) is 0 Å². The van der Waals surface area contributed by atoms with E-state index in [0.29, 0.717) is 11.4 Å². The summed E-state index contributed by atoms with van der Waals surface area (Å²) in [5.41, 5.74) is 33.6. The van der Waals surface area contributed by atoms with E-state index in [1.54, 1.807) is 48.5 Å². The number of hydrogen-bond acceptors (Lipinski definition) is 10. The molecule has 0 aliphatic rings. The topological polar surface area (TPSA) is 285 Å². The normalized spacial score (nSPS) is 8.00. The number of nitrogens with two attached hydrogens (primary N) is 6. The fourth-order valence-corrected chi connectivity index (χ4v) is 2.00. The summed E-state index contributed by atoms with van der Waals surface area (Å²) in [7, 11) is 0. The number of aromatic hydroxyl groups is 1. The van der Waals surface area contributed by atoms with Crippen LogP contribution >= 0.6 is 13.5 Å². The molecule has 0 heterocycles. The number of carbonyl (C=O) groups is 1. The Balaban J connectivity index is -0.000000215. The van der Waals surface area contributed by atoms with E-state index in [1.165, 1.54) is 31.3 Å². The van der Waals surface area contributed by atoms with Crippen LogP contribution in [0.1, 0.15) is 6.92 Å². The van der Waals surface area contributed by atoms with Crippen molar-refractivity contribution >= 4 is 119 Å². The third-order valence-electron chi connectivity index (χ3n) is 3.57. The number of aliphatic imine (C=N–C) groups is 1. The number of nitro groups is 1. The minimum absolute atomic E-state index is 0. The molecule has 0 unspecified atom stereocenters. The number of nitriles is 1. The van der Waals surface area contributed by atoms with E-state index in [0.717, 1.165) is 11.4 Å². The second-order valence-corrected chi connectivity index (χ2v) is 6.60. The van der Waals surface area contributed by atoms with Crippen LogP contribution in [-0.4, -0.2) is 81.0 Å². The maximum absolute atomic E-state index is 10.7. The molecule has 0 aromatic heterocycles. The van der Waals surface area contributed by atoms with Gasteiger partial charge in [-0.3, -0.25) is 14.9 Å². The monoisotopic (exact) mass is 576 g/mol. The van der Waals surface area contributed by atoms with Crippen LogP contribution < -0.4 is 39.7 Å². The van der Waals surface area contributed by atoms with Crippen LogP contribution in [-0.2, 0) is 4.79 Å². The molecule has 14 nitrogen and oxygen atoms in total. The molecule has 0 bridgehead atoms. The summed E-state index contributed by atoms with van der Waals surface area (Å²) in [6, 6.07) is 17.4. The van der Waals surface area contributed by atoms with Gasteiger partial charge in [0.25, 0.3) is 5.69 Å². The molecule has 3 aromatic carbocycles. The van der Waals surface area contributed by atoms with Crippen molar-refractivity contribution in [3.63, 3.8) is 0 Å². The minimum Gasteiger partial charge on any atom is -0.508 e. The second-order valence-electron chi connectivity index (χ2n) is 6.60. The van der Waals surface area contributed by atoms with Crippen molar-refractivity contribution in [2.24, 2.45) is 16.5 Å². The van der Waals surface area contributed by atoms with Gasteiger partial charge in [0, 0.05) is 95.2 Å². The SMILES string of the molecule is CC(=O)Nc1ccc([N+](=O)[O-])cc1N.N#CN=C(N)N.Nc1ccc(N)cc1.Nc1ccc(O)cc1.S.[Na].[Na]. The molecule has 0 fully saturated rings. The van der Waals surface area contributed by atoms with E-state index >= 15 is 0 Å². The first kappa shape index (κ1) is 42.7. The molecule has 0 aliphatic carbocycles. The second kappa shape index (κ2) is 23.7. The number of nitro benzene ring substituents is 1. The Kier molecular flexibility index (Phi) is 26.0. The van der Waals surface area contributed by atoms with E-state index in [4.69, 9.17) is 44.8 Å². The number of amides is 1. The van der Waals surface area contributed by atoms with Crippen molar-refractivity contribution < 1.29 is 14.8 Å². The van der Waals surface area contributed by atoms with Crippen molar-refractivity contribution in [1.29, 1.82) is 5.26 Å². The van der Waals surface area contributed by atoms with Gasteiger partial charge in [-0.2, -0.15) is 18.8 Å². The number of nitrogen functional groups attached to an aromatic ring is 4. The van der Waals surface area contributed by atoms with Crippen LogP contribution in [0, 0.1) is 21.6 Å². The summed E-state index contributed by atoms with van der Waals surface area (Å²) in [6.07, 6.45) is 1.41. The van der Waals surface area contributed by atoms with Crippen molar-refractivity contribution in [1.82, 2.24) is 0 Å². The number of hydrogen-bond donors (Lipinski definition) is 8. The number of phenols is 1. The first-order valence-electron chi connectivity index (χ1n) is 9.80. The van der Waals surface area contributed by atoms with E-state index in [9.17, 15) is 14.9 Å². The van der Waals surface area contributed by atoms with Gasteiger partial charge in [-0.15, -0.1) is 4.99 Å². The quantitative estimate of drug-likeness (QED) is 0.0312. The van der Waals surface area contributed by atoms with Gasteiger partial charge in [-0.25, -0.2) is 0 Å². The number of rotatable bonds is 2. The predicted molar refractivity (Wildman–Crippen MR) is 163 cm³/mol. The largest absolute Gasteiger partial charge is 0.508 e. The number of benzene rings is 3. The molecule has 0 spiro atoms. The molecule has 200 valence electrons. The van der Waals surface area contributed by atoms with Crippen LogP contribution in [0.25, 0.3) is 0 Å². The average Bonchev–Trinajstić information content (AvgIpc) is 2.80. The van der Waals surface area contributed by atoms with Gasteiger partial charge >= 0.3 is 0 Å². The Bertz CT molecular complexity index is 1120. The van der Waals surface area contributed by atoms with E-state index in [2.05, 4.69) is 10.3 Å². The summed E-state index contributed by atoms with van der Waals surface area (Å²) in [5.74, 6) is -0.220. The third kappa shape index (κ3) is 22.3. The number of carbonyl (C=O) groups excluding carboxylic acids is 1. The zero-order valence-corrected chi connectivity index (χ0v) is 26.8. The number of nitrogens with one attached hydrogen (secondary N) is 1. The number of guanidine groups is 1. The van der Waals surface area contributed by atoms with Crippen molar-refractivity contribution in [2.45, 2.75) is 6.92 Å². The van der Waals surface area contributed by atoms with Crippen LogP contribution in [0.15, 0.2) is 71.7 Å². The Hall–Kier alpha value is -3.36. The predicted octanol–water partition coefficient (Wildman–Crippen LogP) is 1.05. The van der Waals surface area contributed by atoms with Gasteiger partial charge in [0.05, 0.1) is 16.3 Å².